The first-order valence-electron chi connectivity index (χ1n) is 8.13. The van der Waals surface area contributed by atoms with E-state index >= 15 is 0 Å². The van der Waals surface area contributed by atoms with Gasteiger partial charge in [-0.2, -0.15) is 0 Å². The molecule has 1 atom stereocenters. The Morgan fingerprint density at radius 3 is 2.76 bits per heavy atom. The summed E-state index contributed by atoms with van der Waals surface area (Å²) in [6.07, 6.45) is 5.24. The van der Waals surface area contributed by atoms with Gasteiger partial charge < -0.3 is 15.2 Å². The molecule has 1 aromatic heterocycles. The Hall–Kier alpha value is -1.33. The molecule has 1 amide bonds. The van der Waals surface area contributed by atoms with Crippen LogP contribution in [0.25, 0.3) is 0 Å². The van der Waals surface area contributed by atoms with Gasteiger partial charge in [0.15, 0.2) is 0 Å². The fraction of sp³-hybridized carbons (Fsp3) is 0.688. The van der Waals surface area contributed by atoms with Gasteiger partial charge >= 0.3 is 0 Å². The van der Waals surface area contributed by atoms with Gasteiger partial charge in [0.05, 0.1) is 0 Å². The molecule has 2 aliphatic heterocycles. The monoisotopic (exact) mass is 290 g/mol. The minimum absolute atomic E-state index is 0.179. The topological polar surface area (TPSA) is 54.5 Å². The summed E-state index contributed by atoms with van der Waals surface area (Å²) < 4.78 is 2.02. The second-order valence-electron chi connectivity index (χ2n) is 6.25. The lowest BCUT2D eigenvalue weighted by Crippen LogP contribution is -2.46. The first kappa shape index (κ1) is 14.6. The normalized spacial score (nSPS) is 24.7. The second kappa shape index (κ2) is 6.20. The summed E-state index contributed by atoms with van der Waals surface area (Å²) in [6, 6.07) is 4.77. The number of rotatable bonds is 3. The minimum Gasteiger partial charge on any atom is -0.344 e. The number of aromatic nitrogens is 1. The molecule has 0 saturated carbocycles. The molecule has 2 aliphatic rings. The van der Waals surface area contributed by atoms with Gasteiger partial charge in [0.25, 0.3) is 5.91 Å². The fourth-order valence-corrected chi connectivity index (χ4v) is 3.55. The van der Waals surface area contributed by atoms with Crippen molar-refractivity contribution in [3.05, 3.63) is 24.0 Å². The highest BCUT2D eigenvalue weighted by Gasteiger charge is 2.32. The van der Waals surface area contributed by atoms with E-state index in [0.29, 0.717) is 12.1 Å². The maximum Gasteiger partial charge on any atom is 0.270 e. The van der Waals surface area contributed by atoms with E-state index in [-0.39, 0.29) is 5.91 Å². The maximum absolute atomic E-state index is 12.6. The zero-order valence-electron chi connectivity index (χ0n) is 12.9. The molecular weight excluding hydrogens is 264 g/mol. The largest absolute Gasteiger partial charge is 0.344 e. The van der Waals surface area contributed by atoms with Gasteiger partial charge in [0, 0.05) is 37.9 Å². The van der Waals surface area contributed by atoms with Crippen molar-refractivity contribution in [2.75, 3.05) is 26.2 Å². The Morgan fingerprint density at radius 2 is 2.05 bits per heavy atom. The lowest BCUT2D eigenvalue weighted by molar-refractivity contribution is 0.0759. The van der Waals surface area contributed by atoms with Crippen molar-refractivity contribution < 1.29 is 4.79 Å². The van der Waals surface area contributed by atoms with Crippen LogP contribution in [-0.2, 0) is 6.54 Å². The highest BCUT2D eigenvalue weighted by Crippen LogP contribution is 2.21. The molecule has 21 heavy (non-hydrogen) atoms. The number of aryl methyl sites for hydroxylation is 1. The van der Waals surface area contributed by atoms with Crippen LogP contribution in [0.3, 0.4) is 0 Å². The van der Waals surface area contributed by atoms with Crippen LogP contribution in [0.2, 0.25) is 0 Å². The van der Waals surface area contributed by atoms with Crippen LogP contribution in [0.5, 0.6) is 0 Å². The summed E-state index contributed by atoms with van der Waals surface area (Å²) in [5, 5.41) is 0. The van der Waals surface area contributed by atoms with Crippen molar-refractivity contribution in [1.82, 2.24) is 14.4 Å². The fourth-order valence-electron chi connectivity index (χ4n) is 3.55. The Kier molecular flexibility index (Phi) is 4.31. The molecule has 0 aromatic carbocycles. The molecule has 3 heterocycles. The number of carbonyl (C=O) groups excluding carboxylic acids is 1. The van der Waals surface area contributed by atoms with Crippen LogP contribution in [0, 0.1) is 0 Å². The molecular formula is C16H26N4O. The van der Waals surface area contributed by atoms with Crippen molar-refractivity contribution in [3.63, 3.8) is 0 Å². The molecule has 2 N–H and O–H groups in total. The van der Waals surface area contributed by atoms with Crippen molar-refractivity contribution in [2.45, 2.75) is 44.8 Å². The molecule has 0 radical (unpaired) electrons. The molecule has 0 spiro atoms. The van der Waals surface area contributed by atoms with Crippen molar-refractivity contribution in [1.29, 1.82) is 0 Å². The average molecular weight is 290 g/mol. The Balaban J connectivity index is 1.60. The van der Waals surface area contributed by atoms with E-state index in [1.165, 1.54) is 0 Å². The van der Waals surface area contributed by atoms with Crippen LogP contribution < -0.4 is 5.73 Å². The number of hydrogen-bond donors (Lipinski definition) is 1. The molecule has 2 fully saturated rings. The van der Waals surface area contributed by atoms with Gasteiger partial charge in [-0.05, 0) is 51.4 Å². The van der Waals surface area contributed by atoms with E-state index < -0.39 is 0 Å². The van der Waals surface area contributed by atoms with Gasteiger partial charge in [0.2, 0.25) is 0 Å². The molecule has 116 valence electrons. The van der Waals surface area contributed by atoms with Gasteiger partial charge in [-0.25, -0.2) is 0 Å². The highest BCUT2D eigenvalue weighted by molar-refractivity contribution is 5.93. The summed E-state index contributed by atoms with van der Waals surface area (Å²) in [7, 11) is 0. The van der Waals surface area contributed by atoms with E-state index in [4.69, 9.17) is 5.73 Å². The van der Waals surface area contributed by atoms with Gasteiger partial charge in [-0.1, -0.05) is 0 Å². The zero-order valence-corrected chi connectivity index (χ0v) is 12.9. The molecule has 5 nitrogen and oxygen atoms in total. The van der Waals surface area contributed by atoms with Crippen molar-refractivity contribution in [3.8, 4) is 0 Å². The molecule has 3 rings (SSSR count). The lowest BCUT2D eigenvalue weighted by Gasteiger charge is -2.34. The number of piperidine rings is 1. The molecule has 0 bridgehead atoms. The summed E-state index contributed by atoms with van der Waals surface area (Å²) in [4.78, 5) is 17.2. The van der Waals surface area contributed by atoms with E-state index in [9.17, 15) is 4.79 Å². The molecule has 1 unspecified atom stereocenters. The van der Waals surface area contributed by atoms with Crippen LogP contribution in [0.15, 0.2) is 18.3 Å². The maximum atomic E-state index is 12.6. The third-order valence-electron chi connectivity index (χ3n) is 4.93. The Morgan fingerprint density at radius 1 is 1.29 bits per heavy atom. The van der Waals surface area contributed by atoms with Crippen LogP contribution >= 0.6 is 0 Å². The summed E-state index contributed by atoms with van der Waals surface area (Å²) in [5.74, 6) is 0.179. The SMILES string of the molecule is CCn1cccc1C(=O)N1CCC(N2CCC(N)CC2)C1. The number of nitrogens with zero attached hydrogens (tertiary/aromatic N) is 3. The number of amides is 1. The van der Waals surface area contributed by atoms with E-state index in [1.54, 1.807) is 0 Å². The number of likely N-dealkylation sites (tertiary alicyclic amines) is 2. The summed E-state index contributed by atoms with van der Waals surface area (Å²) in [6.45, 7) is 6.82. The average Bonchev–Trinajstić information content (AvgIpc) is 3.16. The molecule has 0 aliphatic carbocycles. The second-order valence-corrected chi connectivity index (χ2v) is 6.25. The molecule has 1 aromatic rings. The van der Waals surface area contributed by atoms with Gasteiger partial charge in [-0.3, -0.25) is 9.69 Å². The highest BCUT2D eigenvalue weighted by atomic mass is 16.2. The van der Waals surface area contributed by atoms with E-state index in [1.807, 2.05) is 27.8 Å². The number of nitrogens with two attached hydrogens (primary N) is 1. The smallest absolute Gasteiger partial charge is 0.270 e. The van der Waals surface area contributed by atoms with E-state index in [2.05, 4.69) is 11.8 Å². The van der Waals surface area contributed by atoms with Crippen LogP contribution in [0.1, 0.15) is 36.7 Å². The first-order chi connectivity index (χ1) is 10.2. The van der Waals surface area contributed by atoms with E-state index in [0.717, 1.165) is 57.7 Å². The predicted octanol–water partition coefficient (Wildman–Crippen LogP) is 1.15. The quantitative estimate of drug-likeness (QED) is 0.908. The molecule has 5 heteroatoms. The molecule has 2 saturated heterocycles. The van der Waals surface area contributed by atoms with Gasteiger partial charge in [0.1, 0.15) is 5.69 Å². The predicted molar refractivity (Wildman–Crippen MR) is 83.2 cm³/mol. The summed E-state index contributed by atoms with van der Waals surface area (Å²) in [5.41, 5.74) is 6.79. The van der Waals surface area contributed by atoms with Gasteiger partial charge in [-0.15, -0.1) is 0 Å². The lowest BCUT2D eigenvalue weighted by atomic mass is 10.0. The third-order valence-corrected chi connectivity index (χ3v) is 4.93. The number of hydrogen-bond acceptors (Lipinski definition) is 3. The van der Waals surface area contributed by atoms with Crippen LogP contribution in [0.4, 0.5) is 0 Å². The summed E-state index contributed by atoms with van der Waals surface area (Å²) >= 11 is 0. The Bertz CT molecular complexity index is 490. The van der Waals surface area contributed by atoms with Crippen molar-refractivity contribution >= 4 is 5.91 Å². The van der Waals surface area contributed by atoms with Crippen LogP contribution in [-0.4, -0.2) is 58.5 Å². The Labute approximate surface area is 126 Å². The van der Waals surface area contributed by atoms with Crippen molar-refractivity contribution in [2.24, 2.45) is 5.73 Å². The third kappa shape index (κ3) is 2.99. The first-order valence-corrected chi connectivity index (χ1v) is 8.13. The number of carbonyl (C=O) groups is 1. The standard InChI is InChI=1S/C16H26N4O/c1-2-18-8-3-4-15(18)16(21)20-11-7-14(12-20)19-9-5-13(17)6-10-19/h3-4,8,13-14H,2,5-7,9-12,17H2,1H3. The zero-order chi connectivity index (χ0) is 14.8. The minimum atomic E-state index is 0.179.